The Kier molecular flexibility index (Phi) is 6.49. The maximum atomic E-state index is 12.6. The molecular weight excluding hydrogens is 350 g/mol. The number of likely N-dealkylation sites (tertiary alicyclic amines) is 1. The van der Waals surface area contributed by atoms with E-state index in [4.69, 9.17) is 0 Å². The summed E-state index contributed by atoms with van der Waals surface area (Å²) < 4.78 is 1.91. The van der Waals surface area contributed by atoms with Crippen molar-refractivity contribution in [3.8, 4) is 0 Å². The summed E-state index contributed by atoms with van der Waals surface area (Å²) in [6, 6.07) is 5.49. The van der Waals surface area contributed by atoms with Gasteiger partial charge in [0, 0.05) is 19.2 Å². The molecule has 3 heterocycles. The van der Waals surface area contributed by atoms with Crippen molar-refractivity contribution in [2.75, 3.05) is 25.1 Å². The van der Waals surface area contributed by atoms with Crippen molar-refractivity contribution in [1.29, 1.82) is 0 Å². The summed E-state index contributed by atoms with van der Waals surface area (Å²) in [5, 5.41) is 11.5. The summed E-state index contributed by atoms with van der Waals surface area (Å²) >= 11 is 1.73. The summed E-state index contributed by atoms with van der Waals surface area (Å²) in [5.41, 5.74) is 0.758. The number of nitrogens with zero attached hydrogens (tertiary/aromatic N) is 4. The van der Waals surface area contributed by atoms with Gasteiger partial charge in [0.15, 0.2) is 11.5 Å². The van der Waals surface area contributed by atoms with Crippen molar-refractivity contribution in [3.05, 3.63) is 30.2 Å². The van der Waals surface area contributed by atoms with Crippen LogP contribution in [0.2, 0.25) is 0 Å². The molecular formula is C18H25N5O2S. The highest BCUT2D eigenvalue weighted by molar-refractivity contribution is 7.98. The number of hydrogen-bond donors (Lipinski definition) is 1. The van der Waals surface area contributed by atoms with Crippen molar-refractivity contribution in [2.45, 2.75) is 38.1 Å². The molecule has 8 heteroatoms. The second kappa shape index (κ2) is 9.02. The van der Waals surface area contributed by atoms with Crippen LogP contribution in [0, 0.1) is 0 Å². The molecule has 1 N–H and O–H groups in total. The van der Waals surface area contributed by atoms with Crippen molar-refractivity contribution < 1.29 is 9.59 Å². The summed E-state index contributed by atoms with van der Waals surface area (Å²) in [6.07, 6.45) is 8.17. The lowest BCUT2D eigenvalue weighted by Gasteiger charge is -2.22. The second-order valence-electron chi connectivity index (χ2n) is 6.51. The molecule has 0 spiro atoms. The third kappa shape index (κ3) is 4.55. The Hall–Kier alpha value is -2.09. The van der Waals surface area contributed by atoms with Gasteiger partial charge in [-0.2, -0.15) is 11.8 Å². The number of carbonyl (C=O) groups excluding carboxylic acids is 2. The van der Waals surface area contributed by atoms with E-state index in [2.05, 4.69) is 15.5 Å². The molecule has 0 saturated carbocycles. The van der Waals surface area contributed by atoms with Gasteiger partial charge in [0.05, 0.1) is 12.6 Å². The van der Waals surface area contributed by atoms with Gasteiger partial charge < -0.3 is 10.2 Å². The predicted molar refractivity (Wildman–Crippen MR) is 102 cm³/mol. The van der Waals surface area contributed by atoms with Crippen LogP contribution < -0.4 is 5.32 Å². The number of nitrogens with one attached hydrogen (secondary N) is 1. The van der Waals surface area contributed by atoms with E-state index < -0.39 is 0 Å². The summed E-state index contributed by atoms with van der Waals surface area (Å²) in [5.74, 6) is 1.56. The third-order valence-corrected chi connectivity index (χ3v) is 5.25. The molecule has 140 valence electrons. The molecule has 1 aliphatic rings. The Morgan fingerprint density at radius 2 is 2.19 bits per heavy atom. The van der Waals surface area contributed by atoms with Gasteiger partial charge >= 0.3 is 0 Å². The number of amides is 2. The fraction of sp³-hybridized carbons (Fsp3) is 0.556. The van der Waals surface area contributed by atoms with Gasteiger partial charge in [-0.25, -0.2) is 0 Å². The van der Waals surface area contributed by atoms with Gasteiger partial charge in [-0.3, -0.25) is 14.0 Å². The smallest absolute Gasteiger partial charge is 0.240 e. The van der Waals surface area contributed by atoms with E-state index in [0.29, 0.717) is 13.0 Å². The van der Waals surface area contributed by atoms with E-state index in [9.17, 15) is 9.59 Å². The van der Waals surface area contributed by atoms with Gasteiger partial charge in [0.1, 0.15) is 0 Å². The molecule has 7 nitrogen and oxygen atoms in total. The Bertz CT molecular complexity index is 763. The van der Waals surface area contributed by atoms with E-state index in [0.717, 1.165) is 42.9 Å². The summed E-state index contributed by atoms with van der Waals surface area (Å²) in [7, 11) is 0. The average molecular weight is 375 g/mol. The normalized spacial score (nSPS) is 16.5. The van der Waals surface area contributed by atoms with Gasteiger partial charge in [-0.05, 0) is 43.4 Å². The maximum Gasteiger partial charge on any atom is 0.240 e. The molecule has 0 aromatic carbocycles. The van der Waals surface area contributed by atoms with Gasteiger partial charge in [0.25, 0.3) is 0 Å². The van der Waals surface area contributed by atoms with Gasteiger partial charge in [-0.15, -0.1) is 10.2 Å². The number of pyridine rings is 1. The molecule has 3 rings (SSSR count). The van der Waals surface area contributed by atoms with E-state index >= 15 is 0 Å². The Balaban J connectivity index is 1.71. The van der Waals surface area contributed by atoms with E-state index in [1.807, 2.05) is 35.1 Å². The zero-order valence-electron chi connectivity index (χ0n) is 15.1. The standard InChI is InChI=1S/C18H25N5O2S/c1-26-12-9-14(18-21-20-15-7-4-6-11-23(15)18)19-16(24)13-22-10-5-2-3-8-17(22)25/h4,6-7,11,14H,2-3,5,8-10,12-13H2,1H3,(H,19,24). The minimum absolute atomic E-state index is 0.0752. The topological polar surface area (TPSA) is 79.6 Å². The summed E-state index contributed by atoms with van der Waals surface area (Å²) in [6.45, 7) is 0.779. The number of thioether (sulfide) groups is 1. The first-order valence-corrected chi connectivity index (χ1v) is 10.4. The van der Waals surface area contributed by atoms with Crippen LogP contribution in [0.4, 0.5) is 0 Å². The van der Waals surface area contributed by atoms with Crippen LogP contribution in [0.25, 0.3) is 5.65 Å². The van der Waals surface area contributed by atoms with Crippen LogP contribution in [-0.2, 0) is 9.59 Å². The van der Waals surface area contributed by atoms with Crippen molar-refractivity contribution in [1.82, 2.24) is 24.8 Å². The van der Waals surface area contributed by atoms with Crippen LogP contribution in [0.5, 0.6) is 0 Å². The molecule has 1 aliphatic heterocycles. The monoisotopic (exact) mass is 375 g/mol. The molecule has 1 saturated heterocycles. The summed E-state index contributed by atoms with van der Waals surface area (Å²) in [4.78, 5) is 26.4. The molecule has 1 atom stereocenters. The van der Waals surface area contributed by atoms with Crippen LogP contribution in [0.15, 0.2) is 24.4 Å². The minimum atomic E-state index is -0.227. The van der Waals surface area contributed by atoms with Crippen molar-refractivity contribution >= 4 is 29.2 Å². The molecule has 2 aromatic heterocycles. The zero-order chi connectivity index (χ0) is 18.4. The number of carbonyl (C=O) groups is 2. The first-order chi connectivity index (χ1) is 12.7. The fourth-order valence-corrected chi connectivity index (χ4v) is 3.69. The van der Waals surface area contributed by atoms with Crippen molar-refractivity contribution in [3.63, 3.8) is 0 Å². The predicted octanol–water partition coefficient (Wildman–Crippen LogP) is 2.04. The maximum absolute atomic E-state index is 12.6. The Labute approximate surface area is 157 Å². The average Bonchev–Trinajstić information content (AvgIpc) is 2.97. The SMILES string of the molecule is CSCCC(NC(=O)CN1CCCCCC1=O)c1nnc2ccccn12. The van der Waals surface area contributed by atoms with Crippen LogP contribution >= 0.6 is 11.8 Å². The molecule has 1 unspecified atom stereocenters. The quantitative estimate of drug-likeness (QED) is 0.801. The number of fused-ring (bicyclic) bond motifs is 1. The molecule has 0 bridgehead atoms. The molecule has 2 aromatic rings. The number of rotatable bonds is 7. The number of aromatic nitrogens is 3. The lowest BCUT2D eigenvalue weighted by Crippen LogP contribution is -2.42. The molecule has 26 heavy (non-hydrogen) atoms. The van der Waals surface area contributed by atoms with Crippen LogP contribution in [-0.4, -0.2) is 56.4 Å². The third-order valence-electron chi connectivity index (χ3n) is 4.60. The zero-order valence-corrected chi connectivity index (χ0v) is 15.9. The Morgan fingerprint density at radius 1 is 1.31 bits per heavy atom. The highest BCUT2D eigenvalue weighted by Crippen LogP contribution is 2.18. The van der Waals surface area contributed by atoms with E-state index in [-0.39, 0.29) is 24.4 Å². The van der Waals surface area contributed by atoms with E-state index in [1.165, 1.54) is 0 Å². The van der Waals surface area contributed by atoms with Gasteiger partial charge in [0.2, 0.25) is 11.8 Å². The van der Waals surface area contributed by atoms with Crippen molar-refractivity contribution in [2.24, 2.45) is 0 Å². The Morgan fingerprint density at radius 3 is 3.04 bits per heavy atom. The highest BCUT2D eigenvalue weighted by atomic mass is 32.2. The van der Waals surface area contributed by atoms with Gasteiger partial charge in [-0.1, -0.05) is 12.5 Å². The molecule has 0 aliphatic carbocycles. The largest absolute Gasteiger partial charge is 0.344 e. The number of hydrogen-bond acceptors (Lipinski definition) is 5. The first-order valence-electron chi connectivity index (χ1n) is 9.05. The second-order valence-corrected chi connectivity index (χ2v) is 7.50. The molecule has 2 amide bonds. The van der Waals surface area contributed by atoms with Crippen LogP contribution in [0.1, 0.15) is 44.0 Å². The first kappa shape index (κ1) is 18.7. The van der Waals surface area contributed by atoms with E-state index in [1.54, 1.807) is 16.7 Å². The lowest BCUT2D eigenvalue weighted by atomic mass is 10.2. The lowest BCUT2D eigenvalue weighted by molar-refractivity contribution is -0.135. The molecule has 0 radical (unpaired) electrons. The fourth-order valence-electron chi connectivity index (χ4n) is 3.22. The molecule has 1 fully saturated rings. The minimum Gasteiger partial charge on any atom is -0.344 e. The highest BCUT2D eigenvalue weighted by Gasteiger charge is 2.23. The van der Waals surface area contributed by atoms with Crippen LogP contribution in [0.3, 0.4) is 0 Å².